The van der Waals surface area contributed by atoms with Crippen LogP contribution < -0.4 is 10.1 Å². The Hall–Kier alpha value is -1.75. The van der Waals surface area contributed by atoms with Crippen LogP contribution in [0.15, 0.2) is 24.3 Å². The molecule has 1 saturated heterocycles. The monoisotopic (exact) mass is 390 g/mol. The number of benzene rings is 1. The molecular formula is C23H38N2O3. The zero-order valence-electron chi connectivity index (χ0n) is 17.6. The summed E-state index contributed by atoms with van der Waals surface area (Å²) in [5, 5.41) is 2.77. The Morgan fingerprint density at radius 2 is 1.64 bits per heavy atom. The second-order valence-electron chi connectivity index (χ2n) is 7.66. The Kier molecular flexibility index (Phi) is 11.5. The smallest absolute Gasteiger partial charge is 0.411 e. The van der Waals surface area contributed by atoms with Gasteiger partial charge in [-0.15, -0.1) is 0 Å². The molecule has 0 radical (unpaired) electrons. The SMILES string of the molecule is CCCCCCCCOc1ccc(NC(=O)OCCCN2CCCCC2)cc1. The van der Waals surface area contributed by atoms with Crippen molar-refractivity contribution in [1.29, 1.82) is 0 Å². The van der Waals surface area contributed by atoms with Gasteiger partial charge in [0.15, 0.2) is 0 Å². The van der Waals surface area contributed by atoms with Gasteiger partial charge in [-0.2, -0.15) is 0 Å². The van der Waals surface area contributed by atoms with Gasteiger partial charge in [0, 0.05) is 12.2 Å². The van der Waals surface area contributed by atoms with Gasteiger partial charge in [0.05, 0.1) is 13.2 Å². The molecule has 1 aliphatic rings. The number of carbonyl (C=O) groups excluding carboxylic acids is 1. The molecule has 158 valence electrons. The van der Waals surface area contributed by atoms with Crippen LogP contribution in [0.4, 0.5) is 10.5 Å². The predicted molar refractivity (Wildman–Crippen MR) is 115 cm³/mol. The number of carbonyl (C=O) groups is 1. The van der Waals surface area contributed by atoms with E-state index in [1.54, 1.807) is 0 Å². The van der Waals surface area contributed by atoms with Crippen molar-refractivity contribution in [2.75, 3.05) is 38.2 Å². The minimum absolute atomic E-state index is 0.389. The molecule has 0 aliphatic carbocycles. The first-order valence-corrected chi connectivity index (χ1v) is 11.2. The van der Waals surface area contributed by atoms with Crippen LogP contribution in [0.3, 0.4) is 0 Å². The fourth-order valence-electron chi connectivity index (χ4n) is 3.50. The Labute approximate surface area is 170 Å². The van der Waals surface area contributed by atoms with Gasteiger partial charge < -0.3 is 14.4 Å². The van der Waals surface area contributed by atoms with E-state index in [2.05, 4.69) is 17.1 Å². The average molecular weight is 391 g/mol. The maximum absolute atomic E-state index is 11.9. The zero-order valence-corrected chi connectivity index (χ0v) is 17.6. The summed E-state index contributed by atoms with van der Waals surface area (Å²) in [6, 6.07) is 7.49. The standard InChI is InChI=1S/C23H38N2O3/c1-2-3-4-5-6-10-19-27-22-14-12-21(13-15-22)24-23(26)28-20-11-18-25-16-8-7-9-17-25/h12-15H,2-11,16-20H2,1H3,(H,24,26). The van der Waals surface area contributed by atoms with Crippen LogP contribution >= 0.6 is 0 Å². The number of ether oxygens (including phenoxy) is 2. The Morgan fingerprint density at radius 1 is 0.929 bits per heavy atom. The largest absolute Gasteiger partial charge is 0.494 e. The lowest BCUT2D eigenvalue weighted by atomic mass is 10.1. The molecule has 1 N–H and O–H groups in total. The van der Waals surface area contributed by atoms with Crippen LogP contribution in [-0.2, 0) is 4.74 Å². The Balaban J connectivity index is 1.52. The quantitative estimate of drug-likeness (QED) is 0.429. The van der Waals surface area contributed by atoms with Crippen LogP contribution in [0.25, 0.3) is 0 Å². The highest BCUT2D eigenvalue weighted by atomic mass is 16.5. The van der Waals surface area contributed by atoms with Crippen molar-refractivity contribution >= 4 is 11.8 Å². The lowest BCUT2D eigenvalue weighted by Crippen LogP contribution is -2.31. The topological polar surface area (TPSA) is 50.8 Å². The molecule has 2 rings (SSSR count). The number of anilines is 1. The van der Waals surface area contributed by atoms with E-state index in [4.69, 9.17) is 9.47 Å². The minimum Gasteiger partial charge on any atom is -0.494 e. The van der Waals surface area contributed by atoms with Crippen molar-refractivity contribution in [2.45, 2.75) is 71.1 Å². The van der Waals surface area contributed by atoms with Crippen LogP contribution in [0.5, 0.6) is 5.75 Å². The number of hydrogen-bond acceptors (Lipinski definition) is 4. The maximum Gasteiger partial charge on any atom is 0.411 e. The molecule has 1 aliphatic heterocycles. The molecule has 1 aromatic carbocycles. The predicted octanol–water partition coefficient (Wildman–Crippen LogP) is 5.85. The molecule has 28 heavy (non-hydrogen) atoms. The highest BCUT2D eigenvalue weighted by Gasteiger charge is 2.10. The minimum atomic E-state index is -0.389. The zero-order chi connectivity index (χ0) is 19.9. The average Bonchev–Trinajstić information content (AvgIpc) is 2.72. The molecular weight excluding hydrogens is 352 g/mol. The maximum atomic E-state index is 11.9. The second-order valence-corrected chi connectivity index (χ2v) is 7.66. The molecule has 1 amide bonds. The summed E-state index contributed by atoms with van der Waals surface area (Å²) in [6.07, 6.45) is 12.0. The first-order valence-electron chi connectivity index (χ1n) is 11.2. The lowest BCUT2D eigenvalue weighted by Gasteiger charge is -2.26. The van der Waals surface area contributed by atoms with E-state index in [1.165, 1.54) is 64.5 Å². The molecule has 0 unspecified atom stereocenters. The third kappa shape index (κ3) is 9.98. The summed E-state index contributed by atoms with van der Waals surface area (Å²) in [5.41, 5.74) is 0.730. The summed E-state index contributed by atoms with van der Waals surface area (Å²) in [6.45, 7) is 6.81. The number of nitrogens with one attached hydrogen (secondary N) is 1. The number of unbranched alkanes of at least 4 members (excludes halogenated alkanes) is 5. The fourth-order valence-corrected chi connectivity index (χ4v) is 3.50. The number of nitrogens with zero attached hydrogens (tertiary/aromatic N) is 1. The third-order valence-corrected chi connectivity index (χ3v) is 5.17. The molecule has 0 aromatic heterocycles. The van der Waals surface area contributed by atoms with E-state index in [0.29, 0.717) is 6.61 Å². The number of likely N-dealkylation sites (tertiary alicyclic amines) is 1. The van der Waals surface area contributed by atoms with Gasteiger partial charge >= 0.3 is 6.09 Å². The molecule has 0 bridgehead atoms. The van der Waals surface area contributed by atoms with E-state index in [9.17, 15) is 4.79 Å². The number of rotatable bonds is 13. The van der Waals surface area contributed by atoms with Crippen molar-refractivity contribution in [3.05, 3.63) is 24.3 Å². The summed E-state index contributed by atoms with van der Waals surface area (Å²) in [7, 11) is 0. The van der Waals surface area contributed by atoms with E-state index >= 15 is 0 Å². The van der Waals surface area contributed by atoms with Gasteiger partial charge in [-0.3, -0.25) is 5.32 Å². The molecule has 1 heterocycles. The Morgan fingerprint density at radius 3 is 2.39 bits per heavy atom. The van der Waals surface area contributed by atoms with E-state index < -0.39 is 0 Å². The molecule has 0 saturated carbocycles. The van der Waals surface area contributed by atoms with Crippen LogP contribution in [0, 0.1) is 0 Å². The van der Waals surface area contributed by atoms with Gasteiger partial charge in [0.1, 0.15) is 5.75 Å². The van der Waals surface area contributed by atoms with Crippen molar-refractivity contribution < 1.29 is 14.3 Å². The van der Waals surface area contributed by atoms with Gasteiger partial charge in [0.25, 0.3) is 0 Å². The normalized spacial score (nSPS) is 14.6. The summed E-state index contributed by atoms with van der Waals surface area (Å²) in [4.78, 5) is 14.3. The van der Waals surface area contributed by atoms with Gasteiger partial charge in [-0.1, -0.05) is 45.4 Å². The van der Waals surface area contributed by atoms with Gasteiger partial charge in [0.2, 0.25) is 0 Å². The number of piperidine rings is 1. The van der Waals surface area contributed by atoms with E-state index in [1.807, 2.05) is 24.3 Å². The van der Waals surface area contributed by atoms with Crippen LogP contribution in [-0.4, -0.2) is 43.8 Å². The van der Waals surface area contributed by atoms with Crippen molar-refractivity contribution in [2.24, 2.45) is 0 Å². The van der Waals surface area contributed by atoms with Crippen LogP contribution in [0.1, 0.15) is 71.1 Å². The van der Waals surface area contributed by atoms with E-state index in [0.717, 1.165) is 37.4 Å². The highest BCUT2D eigenvalue weighted by Crippen LogP contribution is 2.17. The van der Waals surface area contributed by atoms with E-state index in [-0.39, 0.29) is 6.09 Å². The molecule has 1 aromatic rings. The number of hydrogen-bond donors (Lipinski definition) is 1. The fraction of sp³-hybridized carbons (Fsp3) is 0.696. The summed E-state index contributed by atoms with van der Waals surface area (Å²) < 4.78 is 11.0. The molecule has 5 nitrogen and oxygen atoms in total. The van der Waals surface area contributed by atoms with Gasteiger partial charge in [-0.05, 0) is 63.0 Å². The molecule has 5 heteroatoms. The van der Waals surface area contributed by atoms with Crippen molar-refractivity contribution in [1.82, 2.24) is 4.90 Å². The number of amides is 1. The van der Waals surface area contributed by atoms with Crippen molar-refractivity contribution in [3.8, 4) is 5.75 Å². The van der Waals surface area contributed by atoms with Crippen molar-refractivity contribution in [3.63, 3.8) is 0 Å². The third-order valence-electron chi connectivity index (χ3n) is 5.17. The first-order chi connectivity index (χ1) is 13.8. The molecule has 0 spiro atoms. The first kappa shape index (κ1) is 22.5. The van der Waals surface area contributed by atoms with Crippen LogP contribution in [0.2, 0.25) is 0 Å². The second kappa shape index (κ2) is 14.3. The Bertz CT molecular complexity index is 527. The molecule has 1 fully saturated rings. The highest BCUT2D eigenvalue weighted by molar-refractivity contribution is 5.84. The summed E-state index contributed by atoms with van der Waals surface area (Å²) in [5.74, 6) is 0.842. The van der Waals surface area contributed by atoms with Gasteiger partial charge in [-0.25, -0.2) is 4.79 Å². The summed E-state index contributed by atoms with van der Waals surface area (Å²) >= 11 is 0. The lowest BCUT2D eigenvalue weighted by molar-refractivity contribution is 0.148. The molecule has 0 atom stereocenters.